The molecule has 4 rings (SSSR count). The maximum Gasteiger partial charge on any atom is 1.00 e. The number of benzene rings is 4. The van der Waals surface area contributed by atoms with Gasteiger partial charge in [-0.2, -0.15) is 9.65 Å². The van der Waals surface area contributed by atoms with E-state index in [0.717, 1.165) is 0 Å². The molecule has 4 aromatic carbocycles. The summed E-state index contributed by atoms with van der Waals surface area (Å²) in [5, 5.41) is 16.3. The van der Waals surface area contributed by atoms with Crippen LogP contribution in [0.2, 0.25) is 0 Å². The van der Waals surface area contributed by atoms with Gasteiger partial charge in [-0.15, -0.1) is 0 Å². The number of rotatable bonds is 3. The predicted octanol–water partition coefficient (Wildman–Crippen LogP) is -0.0117. The van der Waals surface area contributed by atoms with Crippen molar-refractivity contribution in [2.24, 2.45) is 0 Å². The van der Waals surface area contributed by atoms with Gasteiger partial charge in [-0.1, -0.05) is 84.9 Å². The minimum atomic E-state index is -1.38. The van der Waals surface area contributed by atoms with Gasteiger partial charge in [0.2, 0.25) is 0 Å². The van der Waals surface area contributed by atoms with E-state index in [1.165, 1.54) is 12.1 Å². The van der Waals surface area contributed by atoms with E-state index in [4.69, 9.17) is 22.0 Å². The number of halogens is 3. The average Bonchev–Trinajstić information content (AvgIpc) is 2.91. The fourth-order valence-corrected chi connectivity index (χ4v) is 2.36. The zero-order valence-electron chi connectivity index (χ0n) is 20.3. The molecule has 0 spiro atoms. The van der Waals surface area contributed by atoms with Crippen LogP contribution in [0.4, 0.5) is 4.39 Å². The number of aromatic carboxylic acids is 1. The summed E-state index contributed by atoms with van der Waals surface area (Å²) in [7, 11) is 0. The van der Waals surface area contributed by atoms with Gasteiger partial charge in [-0.05, 0) is 48.0 Å². The molecule has 4 aromatic rings. The molecule has 0 unspecified atom stereocenters. The first kappa shape index (κ1) is 39.4. The molecule has 0 saturated heterocycles. The largest absolute Gasteiger partial charge is 1.00 e. The van der Waals surface area contributed by atoms with Crippen molar-refractivity contribution in [1.82, 2.24) is 0 Å². The molecule has 0 aliphatic carbocycles. The molecule has 0 radical (unpaired) electrons. The number of nitriles is 1. The second kappa shape index (κ2) is 24.3. The molecular weight excluding hydrogens is 543 g/mol. The van der Waals surface area contributed by atoms with Crippen LogP contribution >= 0.6 is 11.6 Å². The van der Waals surface area contributed by atoms with Crippen LogP contribution in [0.15, 0.2) is 121 Å². The standard InChI is InChI=1S/C7H5ClO.C7H5FO.C7H5N.C7H6O2.FH.K.H2O/c2*8-7(9)6-4-2-1-3-5-6;8-6-7-4-2-1-3-5-7;8-7(9)6-4-2-1-3-5-6;;;/h2*1-5H;1-5H;1-5H,(H,8,9);1H;;1H2/q;;;;;+1;/p-1. The number of hydrogen-bond acceptors (Lipinski definition) is 4. The summed E-state index contributed by atoms with van der Waals surface area (Å²) in [6.07, 6.45) is 0. The van der Waals surface area contributed by atoms with E-state index in [2.05, 4.69) is 0 Å². The van der Waals surface area contributed by atoms with Gasteiger partial charge in [0.1, 0.15) is 0 Å². The smallest absolute Gasteiger partial charge is 1.00 e. The van der Waals surface area contributed by atoms with E-state index in [0.29, 0.717) is 16.7 Å². The summed E-state index contributed by atoms with van der Waals surface area (Å²) in [6.45, 7) is 0. The van der Waals surface area contributed by atoms with Crippen LogP contribution in [0.25, 0.3) is 0 Å². The first-order valence-electron chi connectivity index (χ1n) is 10.1. The van der Waals surface area contributed by atoms with Crippen LogP contribution in [-0.4, -0.2) is 27.8 Å². The normalized spacial score (nSPS) is 8.03. The molecule has 0 aromatic heterocycles. The van der Waals surface area contributed by atoms with Crippen LogP contribution in [0.3, 0.4) is 0 Å². The van der Waals surface area contributed by atoms with Gasteiger partial charge >= 0.3 is 63.4 Å². The zero-order chi connectivity index (χ0) is 25.9. The first-order valence-corrected chi connectivity index (χ1v) is 10.5. The Labute approximate surface area is 266 Å². The van der Waals surface area contributed by atoms with Crippen LogP contribution in [0, 0.1) is 11.3 Å². The first-order chi connectivity index (χ1) is 16.8. The Morgan fingerprint density at radius 1 is 0.658 bits per heavy atom. The number of carbonyl (C=O) groups is 3. The Hall–Kier alpha value is -3.07. The van der Waals surface area contributed by atoms with Gasteiger partial charge < -0.3 is 15.3 Å². The minimum Gasteiger partial charge on any atom is -1.00 e. The van der Waals surface area contributed by atoms with Crippen LogP contribution < -0.4 is 56.1 Å². The van der Waals surface area contributed by atoms with Crippen molar-refractivity contribution < 1.29 is 85.4 Å². The third-order valence-electron chi connectivity index (χ3n) is 3.93. The number of carbonyl (C=O) groups excluding carboxylic acids is 2. The van der Waals surface area contributed by atoms with Crippen LogP contribution in [0.5, 0.6) is 0 Å². The van der Waals surface area contributed by atoms with Crippen molar-refractivity contribution in [2.45, 2.75) is 0 Å². The van der Waals surface area contributed by atoms with E-state index >= 15 is 0 Å². The molecule has 38 heavy (non-hydrogen) atoms. The zero-order valence-corrected chi connectivity index (χ0v) is 24.2. The van der Waals surface area contributed by atoms with Gasteiger partial charge in [0.25, 0.3) is 5.24 Å². The number of carboxylic acids is 1. The second-order valence-electron chi connectivity index (χ2n) is 6.43. The summed E-state index contributed by atoms with van der Waals surface area (Å²) in [4.78, 5) is 30.6. The third kappa shape index (κ3) is 18.2. The quantitative estimate of drug-likeness (QED) is 0.276. The summed E-state index contributed by atoms with van der Waals surface area (Å²) >= 11 is 5.16. The molecule has 0 aliphatic heterocycles. The topological polar surface area (TPSA) is 127 Å². The van der Waals surface area contributed by atoms with E-state index in [-0.39, 0.29) is 67.1 Å². The number of carboxylic acid groups (broad SMARTS) is 1. The van der Waals surface area contributed by atoms with Crippen molar-refractivity contribution in [2.75, 3.05) is 0 Å². The molecule has 10 heteroatoms. The minimum absolute atomic E-state index is 0. The van der Waals surface area contributed by atoms with Crippen molar-refractivity contribution >= 4 is 28.8 Å². The molecule has 0 fully saturated rings. The molecule has 0 saturated carbocycles. The fourth-order valence-electron chi connectivity index (χ4n) is 2.23. The Bertz CT molecular complexity index is 1110. The van der Waals surface area contributed by atoms with Crippen LogP contribution in [0.1, 0.15) is 36.6 Å². The maximum atomic E-state index is 11.8. The fraction of sp³-hybridized carbons (Fsp3) is 0. The van der Waals surface area contributed by atoms with Gasteiger partial charge in [0.15, 0.2) is 0 Å². The van der Waals surface area contributed by atoms with E-state index in [1.54, 1.807) is 84.9 Å². The molecular formula is C28H23ClF2KNO5. The second-order valence-corrected chi connectivity index (χ2v) is 6.77. The Morgan fingerprint density at radius 3 is 1.16 bits per heavy atom. The Balaban J connectivity index is -0.000000419. The molecule has 6 nitrogen and oxygen atoms in total. The van der Waals surface area contributed by atoms with Crippen molar-refractivity contribution in [3.05, 3.63) is 144 Å². The Kier molecular flexibility index (Phi) is 25.2. The van der Waals surface area contributed by atoms with E-state index in [9.17, 15) is 18.8 Å². The molecule has 0 aliphatic rings. The van der Waals surface area contributed by atoms with Gasteiger partial charge in [-0.3, -0.25) is 9.59 Å². The molecule has 0 bridgehead atoms. The van der Waals surface area contributed by atoms with Gasteiger partial charge in [0.05, 0.1) is 22.8 Å². The third-order valence-corrected chi connectivity index (χ3v) is 4.14. The summed E-state index contributed by atoms with van der Waals surface area (Å²) < 4.78 is 11.8. The molecule has 0 atom stereocenters. The van der Waals surface area contributed by atoms with Crippen LogP contribution in [-0.2, 0) is 0 Å². The average molecular weight is 566 g/mol. The van der Waals surface area contributed by atoms with Crippen molar-refractivity contribution in [3.8, 4) is 6.07 Å². The monoisotopic (exact) mass is 565 g/mol. The molecule has 192 valence electrons. The van der Waals surface area contributed by atoms with Gasteiger partial charge in [-0.25, -0.2) is 4.79 Å². The summed E-state index contributed by atoms with van der Waals surface area (Å²) in [5.41, 5.74) is 1.70. The molecule has 0 heterocycles. The Morgan fingerprint density at radius 2 is 0.974 bits per heavy atom. The summed E-state index contributed by atoms with van der Waals surface area (Å²) in [5.74, 6) is -0.879. The van der Waals surface area contributed by atoms with Crippen molar-refractivity contribution in [3.63, 3.8) is 0 Å². The van der Waals surface area contributed by atoms with E-state index in [1.807, 2.05) is 30.3 Å². The summed E-state index contributed by atoms with van der Waals surface area (Å²) in [6, 6.07) is 34.6. The maximum absolute atomic E-state index is 11.8. The SMILES string of the molecule is N#Cc1ccccc1.O.O=C(Cl)c1ccccc1.O=C(F)c1ccccc1.O=C(O)c1ccccc1.[F-].[K+]. The molecule has 0 amide bonds. The van der Waals surface area contributed by atoms with Crippen molar-refractivity contribution in [1.29, 1.82) is 5.26 Å². The number of hydrogen-bond donors (Lipinski definition) is 1. The van der Waals surface area contributed by atoms with Gasteiger partial charge in [0, 0.05) is 5.56 Å². The number of nitrogens with zero attached hydrogens (tertiary/aromatic N) is 1. The predicted molar refractivity (Wildman–Crippen MR) is 137 cm³/mol. The molecule has 3 N–H and O–H groups in total. The van der Waals surface area contributed by atoms with E-state index < -0.39 is 17.2 Å².